The highest BCUT2D eigenvalue weighted by Crippen LogP contribution is 2.17. The predicted molar refractivity (Wildman–Crippen MR) is 89.4 cm³/mol. The van der Waals surface area contributed by atoms with Crippen molar-refractivity contribution in [3.8, 4) is 6.07 Å². The maximum Gasteiger partial charge on any atom is 0.308 e. The Labute approximate surface area is 143 Å². The lowest BCUT2D eigenvalue weighted by atomic mass is 10.2. The van der Waals surface area contributed by atoms with Crippen LogP contribution in [0.1, 0.15) is 18.9 Å². The van der Waals surface area contributed by atoms with Gasteiger partial charge in [0.1, 0.15) is 0 Å². The maximum absolute atomic E-state index is 12.0. The number of hydrogen-bond acceptors (Lipinski definition) is 6. The van der Waals surface area contributed by atoms with Gasteiger partial charge in [-0.05, 0) is 25.1 Å². The lowest BCUT2D eigenvalue weighted by Crippen LogP contribution is -2.32. The molecule has 1 unspecified atom stereocenters. The summed E-state index contributed by atoms with van der Waals surface area (Å²) in [5.74, 6) is -0.284. The van der Waals surface area contributed by atoms with Crippen molar-refractivity contribution in [1.82, 2.24) is 4.90 Å². The van der Waals surface area contributed by atoms with E-state index in [4.69, 9.17) is 10.00 Å². The number of nitriles is 1. The van der Waals surface area contributed by atoms with Gasteiger partial charge in [0.2, 0.25) is 0 Å². The summed E-state index contributed by atoms with van der Waals surface area (Å²) < 4.78 is 5.08. The van der Waals surface area contributed by atoms with Crippen molar-refractivity contribution in [2.75, 3.05) is 24.2 Å². The Kier molecular flexibility index (Phi) is 6.21. The molecule has 1 saturated heterocycles. The molecule has 1 aliphatic heterocycles. The largest absolute Gasteiger partial charge is 0.452 e. The molecule has 0 aromatic heterocycles. The molecule has 1 fully saturated rings. The summed E-state index contributed by atoms with van der Waals surface area (Å²) in [5.41, 5.74) is 0.882. The zero-order chi connectivity index (χ0) is 17.5. The van der Waals surface area contributed by atoms with Crippen molar-refractivity contribution < 1.29 is 19.1 Å². The standard InChI is InChI=1S/C16H17N3O4S/c1-11(15(21)18-13-4-2-3-12(9-13)10-17)23-14(20)5-6-19-7-8-24-16(19)22/h2-4,9,11H,5-8H2,1H3,(H,18,21). The van der Waals surface area contributed by atoms with Crippen LogP contribution in [0.5, 0.6) is 0 Å². The van der Waals surface area contributed by atoms with E-state index in [1.807, 2.05) is 6.07 Å². The predicted octanol–water partition coefficient (Wildman–Crippen LogP) is 1.99. The molecule has 2 amide bonds. The topological polar surface area (TPSA) is 99.5 Å². The second-order valence-electron chi connectivity index (χ2n) is 5.17. The summed E-state index contributed by atoms with van der Waals surface area (Å²) in [5, 5.41) is 11.4. The van der Waals surface area contributed by atoms with E-state index in [1.165, 1.54) is 24.8 Å². The molecule has 1 N–H and O–H groups in total. The molecule has 0 bridgehead atoms. The van der Waals surface area contributed by atoms with Gasteiger partial charge in [0.15, 0.2) is 6.10 Å². The maximum atomic E-state index is 12.0. The molecule has 0 aliphatic carbocycles. The van der Waals surface area contributed by atoms with Crippen molar-refractivity contribution >= 4 is 34.6 Å². The first-order valence-electron chi connectivity index (χ1n) is 7.42. The minimum Gasteiger partial charge on any atom is -0.452 e. The van der Waals surface area contributed by atoms with E-state index < -0.39 is 18.0 Å². The molecule has 126 valence electrons. The summed E-state index contributed by atoms with van der Waals surface area (Å²) in [6.45, 7) is 2.39. The number of nitrogens with one attached hydrogen (secondary N) is 1. The van der Waals surface area contributed by atoms with Crippen molar-refractivity contribution in [2.24, 2.45) is 0 Å². The Hall–Kier alpha value is -2.53. The summed E-state index contributed by atoms with van der Waals surface area (Å²) >= 11 is 1.23. The average molecular weight is 347 g/mol. The second-order valence-corrected chi connectivity index (χ2v) is 6.21. The van der Waals surface area contributed by atoms with Crippen molar-refractivity contribution in [3.63, 3.8) is 0 Å². The van der Waals surface area contributed by atoms with Crippen LogP contribution in [0.15, 0.2) is 24.3 Å². The molecule has 7 nitrogen and oxygen atoms in total. The normalized spacial score (nSPS) is 14.8. The monoisotopic (exact) mass is 347 g/mol. The zero-order valence-electron chi connectivity index (χ0n) is 13.2. The summed E-state index contributed by atoms with van der Waals surface area (Å²) in [6.07, 6.45) is -0.916. The van der Waals surface area contributed by atoms with Gasteiger partial charge in [-0.25, -0.2) is 0 Å². The zero-order valence-corrected chi connectivity index (χ0v) is 14.0. The van der Waals surface area contributed by atoms with E-state index in [9.17, 15) is 14.4 Å². The van der Waals surface area contributed by atoms with Crippen LogP contribution >= 0.6 is 11.8 Å². The second kappa shape index (κ2) is 8.36. The fourth-order valence-corrected chi connectivity index (χ4v) is 2.93. The lowest BCUT2D eigenvalue weighted by Gasteiger charge is -2.16. The van der Waals surface area contributed by atoms with Crippen LogP contribution in [-0.2, 0) is 14.3 Å². The van der Waals surface area contributed by atoms with Crippen LogP contribution in [0.4, 0.5) is 10.5 Å². The molecule has 1 aliphatic rings. The van der Waals surface area contributed by atoms with Crippen molar-refractivity contribution in [3.05, 3.63) is 29.8 Å². The summed E-state index contributed by atoms with van der Waals surface area (Å²) in [6, 6.07) is 8.42. The first kappa shape index (κ1) is 17.8. The fourth-order valence-electron chi connectivity index (χ4n) is 2.08. The number of amides is 2. The van der Waals surface area contributed by atoms with Gasteiger partial charge in [-0.2, -0.15) is 5.26 Å². The smallest absolute Gasteiger partial charge is 0.308 e. The highest BCUT2D eigenvalue weighted by atomic mass is 32.2. The van der Waals surface area contributed by atoms with E-state index in [0.29, 0.717) is 24.3 Å². The third-order valence-corrected chi connectivity index (χ3v) is 4.26. The minimum absolute atomic E-state index is 0.0361. The molecule has 0 saturated carbocycles. The van der Waals surface area contributed by atoms with Gasteiger partial charge in [-0.3, -0.25) is 14.4 Å². The van der Waals surface area contributed by atoms with Crippen LogP contribution in [0.25, 0.3) is 0 Å². The van der Waals surface area contributed by atoms with Gasteiger partial charge in [0, 0.05) is 24.5 Å². The van der Waals surface area contributed by atoms with Crippen LogP contribution in [0.3, 0.4) is 0 Å². The highest BCUT2D eigenvalue weighted by molar-refractivity contribution is 8.13. The molecule has 1 aromatic carbocycles. The van der Waals surface area contributed by atoms with Gasteiger partial charge in [-0.15, -0.1) is 0 Å². The lowest BCUT2D eigenvalue weighted by molar-refractivity contribution is -0.153. The van der Waals surface area contributed by atoms with Gasteiger partial charge in [-0.1, -0.05) is 17.8 Å². The summed E-state index contributed by atoms with van der Waals surface area (Å²) in [7, 11) is 0. The van der Waals surface area contributed by atoms with E-state index in [2.05, 4.69) is 5.32 Å². The molecule has 2 rings (SSSR count). The number of benzene rings is 1. The van der Waals surface area contributed by atoms with Gasteiger partial charge < -0.3 is 15.0 Å². The van der Waals surface area contributed by atoms with Crippen molar-refractivity contribution in [2.45, 2.75) is 19.4 Å². The number of ether oxygens (including phenoxy) is 1. The van der Waals surface area contributed by atoms with E-state index in [1.54, 1.807) is 23.1 Å². The number of thioether (sulfide) groups is 1. The number of hydrogen-bond donors (Lipinski definition) is 1. The molecule has 1 atom stereocenters. The number of esters is 1. The fraction of sp³-hybridized carbons (Fsp3) is 0.375. The van der Waals surface area contributed by atoms with Crippen LogP contribution in [0.2, 0.25) is 0 Å². The van der Waals surface area contributed by atoms with Crippen molar-refractivity contribution in [1.29, 1.82) is 5.26 Å². The Morgan fingerprint density at radius 3 is 2.96 bits per heavy atom. The SMILES string of the molecule is CC(OC(=O)CCN1CCSC1=O)C(=O)Nc1cccc(C#N)c1. The van der Waals surface area contributed by atoms with Gasteiger partial charge in [0.25, 0.3) is 11.1 Å². The Bertz CT molecular complexity index is 686. The molecule has 8 heteroatoms. The van der Waals surface area contributed by atoms with Crippen LogP contribution in [-0.4, -0.2) is 47.0 Å². The summed E-state index contributed by atoms with van der Waals surface area (Å²) in [4.78, 5) is 36.8. The van der Waals surface area contributed by atoms with E-state index in [-0.39, 0.29) is 11.7 Å². The molecule has 1 aromatic rings. The van der Waals surface area contributed by atoms with E-state index in [0.717, 1.165) is 5.75 Å². The molecular formula is C16H17N3O4S. The number of anilines is 1. The average Bonchev–Trinajstić information content (AvgIpc) is 2.98. The number of rotatable bonds is 6. The third kappa shape index (κ3) is 4.99. The highest BCUT2D eigenvalue weighted by Gasteiger charge is 2.23. The molecule has 1 heterocycles. The minimum atomic E-state index is -0.966. The number of nitrogens with zero attached hydrogens (tertiary/aromatic N) is 2. The first-order valence-corrected chi connectivity index (χ1v) is 8.40. The number of carbonyl (C=O) groups is 3. The Morgan fingerprint density at radius 2 is 2.29 bits per heavy atom. The Balaban J connectivity index is 1.79. The van der Waals surface area contributed by atoms with Gasteiger partial charge >= 0.3 is 5.97 Å². The molecule has 0 spiro atoms. The van der Waals surface area contributed by atoms with Crippen LogP contribution in [0, 0.1) is 11.3 Å². The molecular weight excluding hydrogens is 330 g/mol. The Morgan fingerprint density at radius 1 is 1.50 bits per heavy atom. The van der Waals surface area contributed by atoms with Gasteiger partial charge in [0.05, 0.1) is 18.1 Å². The molecule has 24 heavy (non-hydrogen) atoms. The number of carbonyl (C=O) groups excluding carboxylic acids is 3. The molecule has 0 radical (unpaired) electrons. The third-order valence-electron chi connectivity index (χ3n) is 3.37. The van der Waals surface area contributed by atoms with Crippen LogP contribution < -0.4 is 5.32 Å². The first-order chi connectivity index (χ1) is 11.5. The quantitative estimate of drug-likeness (QED) is 0.790. The van der Waals surface area contributed by atoms with E-state index >= 15 is 0 Å².